The molecule has 0 bridgehead atoms. The highest BCUT2D eigenvalue weighted by Crippen LogP contribution is 2.22. The second-order valence-corrected chi connectivity index (χ2v) is 7.57. The summed E-state index contributed by atoms with van der Waals surface area (Å²) >= 11 is 0. The van der Waals surface area contributed by atoms with Gasteiger partial charge in [0, 0.05) is 18.1 Å². The average Bonchev–Trinajstić information content (AvgIpc) is 2.55. The van der Waals surface area contributed by atoms with E-state index in [1.807, 2.05) is 20.8 Å². The molecule has 1 aromatic rings. The van der Waals surface area contributed by atoms with Crippen molar-refractivity contribution in [3.8, 4) is 5.75 Å². The van der Waals surface area contributed by atoms with Gasteiger partial charge < -0.3 is 15.4 Å². The number of esters is 1. The van der Waals surface area contributed by atoms with Crippen LogP contribution in [0.3, 0.4) is 0 Å². The van der Waals surface area contributed by atoms with Crippen LogP contribution in [0, 0.1) is 5.41 Å². The molecule has 0 saturated carbocycles. The van der Waals surface area contributed by atoms with Gasteiger partial charge in [0.2, 0.25) is 5.95 Å². The fourth-order valence-electron chi connectivity index (χ4n) is 2.83. The van der Waals surface area contributed by atoms with Gasteiger partial charge >= 0.3 is 5.97 Å². The van der Waals surface area contributed by atoms with Gasteiger partial charge in [0.05, 0.1) is 17.8 Å². The number of ether oxygens (including phenoxy) is 1. The van der Waals surface area contributed by atoms with Crippen molar-refractivity contribution < 1.29 is 9.53 Å². The van der Waals surface area contributed by atoms with Crippen LogP contribution >= 0.6 is 0 Å². The Kier molecular flexibility index (Phi) is 6.15. The summed E-state index contributed by atoms with van der Waals surface area (Å²) in [5.41, 5.74) is -0.545. The first-order valence-electron chi connectivity index (χ1n) is 8.88. The molecule has 2 rings (SSSR count). The molecule has 134 valence electrons. The number of carbonyl (C=O) groups excluding carboxylic acids is 1. The van der Waals surface area contributed by atoms with Crippen molar-refractivity contribution in [2.75, 3.05) is 5.32 Å². The van der Waals surface area contributed by atoms with Crippen LogP contribution < -0.4 is 15.4 Å². The van der Waals surface area contributed by atoms with Crippen LogP contribution in [-0.2, 0) is 4.79 Å². The monoisotopic (exact) mass is 334 g/mol. The molecule has 24 heavy (non-hydrogen) atoms. The molecule has 1 aliphatic rings. The molecule has 0 aromatic carbocycles. The summed E-state index contributed by atoms with van der Waals surface area (Å²) < 4.78 is 5.29. The minimum Gasteiger partial charge on any atom is -0.423 e. The smallest absolute Gasteiger partial charge is 0.316 e. The third-order valence-corrected chi connectivity index (χ3v) is 4.38. The maximum Gasteiger partial charge on any atom is 0.316 e. The molecule has 1 fully saturated rings. The highest BCUT2D eigenvalue weighted by Gasteiger charge is 2.27. The molecule has 1 aliphatic heterocycles. The van der Waals surface area contributed by atoms with Crippen LogP contribution in [0.5, 0.6) is 5.75 Å². The Morgan fingerprint density at radius 2 is 1.75 bits per heavy atom. The predicted octanol–water partition coefficient (Wildman–Crippen LogP) is 3.15. The normalized spacial score (nSPS) is 24.5. The molecule has 2 atom stereocenters. The van der Waals surface area contributed by atoms with Gasteiger partial charge in [-0.1, -0.05) is 13.8 Å². The first kappa shape index (κ1) is 18.6. The number of piperidine rings is 1. The van der Waals surface area contributed by atoms with Crippen molar-refractivity contribution in [2.45, 2.75) is 78.4 Å². The Bertz CT molecular complexity index is 527. The number of nitrogens with one attached hydrogen (secondary N) is 2. The van der Waals surface area contributed by atoms with Gasteiger partial charge in [0.1, 0.15) is 0 Å². The number of hydrogen-bond donors (Lipinski definition) is 2. The van der Waals surface area contributed by atoms with Gasteiger partial charge in [-0.25, -0.2) is 9.97 Å². The zero-order valence-corrected chi connectivity index (χ0v) is 15.4. The molecule has 2 unspecified atom stereocenters. The van der Waals surface area contributed by atoms with Crippen LogP contribution in [0.2, 0.25) is 0 Å². The Morgan fingerprint density at radius 1 is 1.21 bits per heavy atom. The zero-order valence-electron chi connectivity index (χ0n) is 15.4. The van der Waals surface area contributed by atoms with Gasteiger partial charge in [0.15, 0.2) is 5.75 Å². The van der Waals surface area contributed by atoms with Crippen LogP contribution in [0.1, 0.15) is 60.3 Å². The second kappa shape index (κ2) is 7.92. The maximum atomic E-state index is 11.9. The lowest BCUT2D eigenvalue weighted by Gasteiger charge is -2.36. The van der Waals surface area contributed by atoms with Gasteiger partial charge in [-0.05, 0) is 46.5 Å². The van der Waals surface area contributed by atoms with Gasteiger partial charge in [-0.2, -0.15) is 0 Å². The molecule has 0 spiro atoms. The lowest BCUT2D eigenvalue weighted by molar-refractivity contribution is -0.143. The Balaban J connectivity index is 1.94. The van der Waals surface area contributed by atoms with Crippen molar-refractivity contribution in [3.05, 3.63) is 12.4 Å². The van der Waals surface area contributed by atoms with E-state index < -0.39 is 5.41 Å². The third-order valence-electron chi connectivity index (χ3n) is 4.38. The minimum atomic E-state index is -0.545. The number of nitrogens with zero attached hydrogens (tertiary/aromatic N) is 2. The van der Waals surface area contributed by atoms with E-state index in [2.05, 4.69) is 34.4 Å². The van der Waals surface area contributed by atoms with Crippen LogP contribution in [0.25, 0.3) is 0 Å². The van der Waals surface area contributed by atoms with Crippen LogP contribution in [0.15, 0.2) is 12.4 Å². The van der Waals surface area contributed by atoms with E-state index >= 15 is 0 Å². The summed E-state index contributed by atoms with van der Waals surface area (Å²) in [6, 6.07) is 1.44. The van der Waals surface area contributed by atoms with Gasteiger partial charge in [0.25, 0.3) is 0 Å². The highest BCUT2D eigenvalue weighted by atomic mass is 16.5. The highest BCUT2D eigenvalue weighted by molar-refractivity contribution is 5.77. The molecule has 1 saturated heterocycles. The van der Waals surface area contributed by atoms with E-state index in [0.29, 0.717) is 29.8 Å². The fraction of sp³-hybridized carbons (Fsp3) is 0.722. The molecular formula is C18H30N4O2. The predicted molar refractivity (Wildman–Crippen MR) is 95.1 cm³/mol. The molecule has 0 aliphatic carbocycles. The van der Waals surface area contributed by atoms with Crippen LogP contribution in [0.4, 0.5) is 5.95 Å². The largest absolute Gasteiger partial charge is 0.423 e. The summed E-state index contributed by atoms with van der Waals surface area (Å²) in [4.78, 5) is 20.5. The van der Waals surface area contributed by atoms with Gasteiger partial charge in [-0.15, -0.1) is 0 Å². The third kappa shape index (κ3) is 5.16. The number of rotatable bonds is 5. The molecule has 0 amide bonds. The lowest BCUT2D eigenvalue weighted by atomic mass is 9.91. The molecular weight excluding hydrogens is 304 g/mol. The number of anilines is 1. The topological polar surface area (TPSA) is 76.1 Å². The summed E-state index contributed by atoms with van der Waals surface area (Å²) in [7, 11) is 0. The van der Waals surface area contributed by atoms with Crippen molar-refractivity contribution >= 4 is 11.9 Å². The molecule has 6 heteroatoms. The Hall–Kier alpha value is -1.69. The summed E-state index contributed by atoms with van der Waals surface area (Å²) in [6.07, 6.45) is 7.48. The second-order valence-electron chi connectivity index (χ2n) is 7.57. The summed E-state index contributed by atoms with van der Waals surface area (Å²) in [5.74, 6) is 0.674. The zero-order chi connectivity index (χ0) is 17.7. The van der Waals surface area contributed by atoms with E-state index in [-0.39, 0.29) is 5.97 Å². The molecule has 2 heterocycles. The average molecular weight is 334 g/mol. The van der Waals surface area contributed by atoms with Crippen molar-refractivity contribution in [3.63, 3.8) is 0 Å². The standard InChI is InChI=1S/C18H30N4O2/c1-6-12-8-14(9-13(7-2)21-12)22-17-19-10-15(11-20-17)24-16(23)18(3,4)5/h10-14,21H,6-9H2,1-5H3,(H,19,20,22). The van der Waals surface area contributed by atoms with Crippen molar-refractivity contribution in [1.29, 1.82) is 0 Å². The van der Waals surface area contributed by atoms with Crippen molar-refractivity contribution in [1.82, 2.24) is 15.3 Å². The number of hydrogen-bond acceptors (Lipinski definition) is 6. The molecule has 1 aromatic heterocycles. The lowest BCUT2D eigenvalue weighted by Crippen LogP contribution is -2.49. The SMILES string of the molecule is CCC1CC(Nc2ncc(OC(=O)C(C)(C)C)cn2)CC(CC)N1. The summed E-state index contributed by atoms with van der Waals surface area (Å²) in [6.45, 7) is 9.87. The molecule has 6 nitrogen and oxygen atoms in total. The van der Waals surface area contributed by atoms with Crippen molar-refractivity contribution in [2.24, 2.45) is 5.41 Å². The fourth-order valence-corrected chi connectivity index (χ4v) is 2.83. The first-order chi connectivity index (χ1) is 11.3. The van der Waals surface area contributed by atoms with E-state index in [0.717, 1.165) is 25.7 Å². The first-order valence-corrected chi connectivity index (χ1v) is 8.88. The molecule has 0 radical (unpaired) electrons. The van der Waals surface area contributed by atoms with E-state index in [4.69, 9.17) is 4.74 Å². The number of carbonyl (C=O) groups is 1. The number of aromatic nitrogens is 2. The van der Waals surface area contributed by atoms with E-state index in [9.17, 15) is 4.79 Å². The summed E-state index contributed by atoms with van der Waals surface area (Å²) in [5, 5.41) is 7.09. The Labute approximate surface area is 144 Å². The minimum absolute atomic E-state index is 0.290. The Morgan fingerprint density at radius 3 is 2.21 bits per heavy atom. The molecule has 2 N–H and O–H groups in total. The van der Waals surface area contributed by atoms with Gasteiger partial charge in [-0.3, -0.25) is 4.79 Å². The van der Waals surface area contributed by atoms with Crippen LogP contribution in [-0.4, -0.2) is 34.1 Å². The quantitative estimate of drug-likeness (QED) is 0.806. The van der Waals surface area contributed by atoms with E-state index in [1.54, 1.807) is 12.4 Å². The maximum absolute atomic E-state index is 11.9. The van der Waals surface area contributed by atoms with E-state index in [1.165, 1.54) is 0 Å².